The number of amides is 1. The summed E-state index contributed by atoms with van der Waals surface area (Å²) in [6.45, 7) is 13.2. The quantitative estimate of drug-likeness (QED) is 0.787. The van der Waals surface area contributed by atoms with Gasteiger partial charge in [0.05, 0.1) is 6.54 Å². The van der Waals surface area contributed by atoms with Crippen molar-refractivity contribution in [3.05, 3.63) is 29.3 Å². The number of anilines is 1. The van der Waals surface area contributed by atoms with E-state index in [1.165, 1.54) is 11.1 Å². The van der Waals surface area contributed by atoms with Crippen molar-refractivity contribution in [2.75, 3.05) is 11.9 Å². The molecular formula is C18H30N2O. The zero-order valence-corrected chi connectivity index (χ0v) is 14.3. The van der Waals surface area contributed by atoms with Crippen molar-refractivity contribution >= 4 is 11.6 Å². The fraction of sp³-hybridized carbons (Fsp3) is 0.611. The van der Waals surface area contributed by atoms with Crippen molar-refractivity contribution < 1.29 is 4.79 Å². The molecule has 0 spiro atoms. The third-order valence-corrected chi connectivity index (χ3v) is 3.82. The molecule has 1 amide bonds. The second-order valence-electron chi connectivity index (χ2n) is 6.35. The lowest BCUT2D eigenvalue weighted by molar-refractivity contribution is -0.120. The van der Waals surface area contributed by atoms with Gasteiger partial charge >= 0.3 is 0 Å². The fourth-order valence-corrected chi connectivity index (χ4v) is 2.35. The Hall–Kier alpha value is -1.51. The van der Waals surface area contributed by atoms with Crippen LogP contribution in [0.4, 0.5) is 5.69 Å². The molecule has 118 valence electrons. The summed E-state index contributed by atoms with van der Waals surface area (Å²) in [7, 11) is 0. The van der Waals surface area contributed by atoms with Gasteiger partial charge in [0.25, 0.3) is 0 Å². The van der Waals surface area contributed by atoms with Crippen LogP contribution in [0.25, 0.3) is 0 Å². The van der Waals surface area contributed by atoms with E-state index in [0.29, 0.717) is 18.4 Å². The zero-order valence-electron chi connectivity index (χ0n) is 14.3. The van der Waals surface area contributed by atoms with Gasteiger partial charge in [-0.2, -0.15) is 0 Å². The summed E-state index contributed by atoms with van der Waals surface area (Å²) in [5.41, 5.74) is 3.68. The minimum absolute atomic E-state index is 0.0533. The first kappa shape index (κ1) is 17.5. The highest BCUT2D eigenvalue weighted by Gasteiger charge is 2.14. The third kappa shape index (κ3) is 5.07. The monoisotopic (exact) mass is 290 g/mol. The predicted molar refractivity (Wildman–Crippen MR) is 91.0 cm³/mol. The molecule has 0 saturated heterocycles. The number of carbonyl (C=O) groups is 1. The van der Waals surface area contributed by atoms with Crippen LogP contribution >= 0.6 is 0 Å². The molecule has 0 aliphatic carbocycles. The average molecular weight is 290 g/mol. The maximum Gasteiger partial charge on any atom is 0.239 e. The molecule has 0 aromatic heterocycles. The molecule has 3 nitrogen and oxygen atoms in total. The van der Waals surface area contributed by atoms with Crippen molar-refractivity contribution in [1.82, 2.24) is 5.32 Å². The van der Waals surface area contributed by atoms with E-state index >= 15 is 0 Å². The van der Waals surface area contributed by atoms with Gasteiger partial charge in [-0.15, -0.1) is 0 Å². The highest BCUT2D eigenvalue weighted by atomic mass is 16.1. The maximum absolute atomic E-state index is 12.0. The van der Waals surface area contributed by atoms with Crippen LogP contribution in [-0.4, -0.2) is 18.5 Å². The van der Waals surface area contributed by atoms with Gasteiger partial charge in [0.1, 0.15) is 0 Å². The Morgan fingerprint density at radius 2 is 1.57 bits per heavy atom. The lowest BCUT2D eigenvalue weighted by atomic mass is 9.92. The number of hydrogen-bond acceptors (Lipinski definition) is 2. The fourth-order valence-electron chi connectivity index (χ4n) is 2.35. The van der Waals surface area contributed by atoms with Crippen molar-refractivity contribution in [1.29, 1.82) is 0 Å². The van der Waals surface area contributed by atoms with Gasteiger partial charge in [0.15, 0.2) is 0 Å². The van der Waals surface area contributed by atoms with Crippen molar-refractivity contribution in [3.8, 4) is 0 Å². The molecule has 0 aliphatic rings. The van der Waals surface area contributed by atoms with Crippen LogP contribution in [0.15, 0.2) is 18.2 Å². The highest BCUT2D eigenvalue weighted by Crippen LogP contribution is 2.32. The lowest BCUT2D eigenvalue weighted by Crippen LogP contribution is -2.36. The average Bonchev–Trinajstić information content (AvgIpc) is 2.44. The summed E-state index contributed by atoms with van der Waals surface area (Å²) in [4.78, 5) is 12.0. The second kappa shape index (κ2) is 8.06. The molecule has 0 fully saturated rings. The molecule has 1 rings (SSSR count). The van der Waals surface area contributed by atoms with Crippen LogP contribution in [-0.2, 0) is 4.79 Å². The molecule has 1 aromatic carbocycles. The zero-order chi connectivity index (χ0) is 16.0. The van der Waals surface area contributed by atoms with Crippen LogP contribution in [0, 0.1) is 0 Å². The van der Waals surface area contributed by atoms with Crippen LogP contribution in [0.2, 0.25) is 0 Å². The van der Waals surface area contributed by atoms with E-state index in [-0.39, 0.29) is 11.9 Å². The summed E-state index contributed by atoms with van der Waals surface area (Å²) in [5.74, 6) is 0.922. The van der Waals surface area contributed by atoms with Gasteiger partial charge in [-0.05, 0) is 36.3 Å². The third-order valence-electron chi connectivity index (χ3n) is 3.82. The summed E-state index contributed by atoms with van der Waals surface area (Å²) < 4.78 is 0. The minimum Gasteiger partial charge on any atom is -0.376 e. The summed E-state index contributed by atoms with van der Waals surface area (Å²) in [6.07, 6.45) is 0.950. The normalized spacial score (nSPS) is 12.6. The number of benzene rings is 1. The van der Waals surface area contributed by atoms with E-state index in [1.54, 1.807) is 0 Å². The number of nitrogens with one attached hydrogen (secondary N) is 2. The molecule has 0 heterocycles. The molecule has 1 aromatic rings. The standard InChI is InChI=1S/C18H30N2O/c1-7-14(6)20-17(21)11-19-18-15(12(2)3)9-8-10-16(18)13(4)5/h8-10,12-14,19H,7,11H2,1-6H3,(H,20,21). The first-order valence-corrected chi connectivity index (χ1v) is 8.02. The van der Waals surface area contributed by atoms with E-state index in [9.17, 15) is 4.79 Å². The van der Waals surface area contributed by atoms with Crippen LogP contribution in [0.1, 0.15) is 70.9 Å². The Bertz CT molecular complexity index is 440. The summed E-state index contributed by atoms with van der Waals surface area (Å²) in [6, 6.07) is 6.62. The van der Waals surface area contributed by atoms with Gasteiger partial charge in [0.2, 0.25) is 5.91 Å². The molecule has 0 bridgehead atoms. The Morgan fingerprint density at radius 3 is 2.00 bits per heavy atom. The Labute approximate surface area is 129 Å². The van der Waals surface area contributed by atoms with Gasteiger partial charge in [-0.25, -0.2) is 0 Å². The molecule has 0 aliphatic heterocycles. The molecule has 3 heteroatoms. The van der Waals surface area contributed by atoms with E-state index in [1.807, 2.05) is 6.92 Å². The molecule has 21 heavy (non-hydrogen) atoms. The van der Waals surface area contributed by atoms with Crippen molar-refractivity contribution in [2.45, 2.75) is 65.8 Å². The largest absolute Gasteiger partial charge is 0.376 e. The molecule has 1 atom stereocenters. The second-order valence-corrected chi connectivity index (χ2v) is 6.35. The summed E-state index contributed by atoms with van der Waals surface area (Å²) >= 11 is 0. The highest BCUT2D eigenvalue weighted by molar-refractivity contribution is 5.81. The predicted octanol–water partition coefficient (Wildman–Crippen LogP) is 4.26. The summed E-state index contributed by atoms with van der Waals surface area (Å²) in [5, 5.41) is 6.36. The number of hydrogen-bond donors (Lipinski definition) is 2. The van der Waals surface area contributed by atoms with Crippen LogP contribution in [0.5, 0.6) is 0 Å². The maximum atomic E-state index is 12.0. The van der Waals surface area contributed by atoms with Gasteiger partial charge in [-0.1, -0.05) is 52.8 Å². The van der Waals surface area contributed by atoms with E-state index in [4.69, 9.17) is 0 Å². The lowest BCUT2D eigenvalue weighted by Gasteiger charge is -2.21. The molecule has 2 N–H and O–H groups in total. The topological polar surface area (TPSA) is 41.1 Å². The molecule has 0 radical (unpaired) electrons. The Balaban J connectivity index is 2.88. The van der Waals surface area contributed by atoms with E-state index < -0.39 is 0 Å². The molecule has 1 unspecified atom stereocenters. The van der Waals surface area contributed by atoms with E-state index in [2.05, 4.69) is 63.5 Å². The SMILES string of the molecule is CCC(C)NC(=O)CNc1c(C(C)C)cccc1C(C)C. The van der Waals surface area contributed by atoms with Crippen LogP contribution in [0.3, 0.4) is 0 Å². The van der Waals surface area contributed by atoms with Crippen molar-refractivity contribution in [3.63, 3.8) is 0 Å². The smallest absolute Gasteiger partial charge is 0.239 e. The number of para-hydroxylation sites is 1. The van der Waals surface area contributed by atoms with Crippen LogP contribution < -0.4 is 10.6 Å². The molecular weight excluding hydrogens is 260 g/mol. The minimum atomic E-state index is 0.0533. The number of carbonyl (C=O) groups excluding carboxylic acids is 1. The van der Waals surface area contributed by atoms with Gasteiger partial charge < -0.3 is 10.6 Å². The van der Waals surface area contributed by atoms with Gasteiger partial charge in [0, 0.05) is 11.7 Å². The number of rotatable bonds is 7. The Kier molecular flexibility index (Phi) is 6.73. The van der Waals surface area contributed by atoms with Gasteiger partial charge in [-0.3, -0.25) is 4.79 Å². The Morgan fingerprint density at radius 1 is 1.05 bits per heavy atom. The first-order valence-electron chi connectivity index (χ1n) is 8.02. The van der Waals surface area contributed by atoms with Crippen molar-refractivity contribution in [2.24, 2.45) is 0 Å². The first-order chi connectivity index (χ1) is 9.86. The molecule has 0 saturated carbocycles. The van der Waals surface area contributed by atoms with E-state index in [0.717, 1.165) is 12.1 Å².